The first-order valence-corrected chi connectivity index (χ1v) is 5.58. The minimum Gasteiger partial charge on any atom is -0.342 e. The molecule has 0 aromatic heterocycles. The first kappa shape index (κ1) is 11.5. The van der Waals surface area contributed by atoms with Gasteiger partial charge in [0.1, 0.15) is 0 Å². The van der Waals surface area contributed by atoms with E-state index in [2.05, 4.69) is 12.2 Å². The van der Waals surface area contributed by atoms with Crippen molar-refractivity contribution in [3.63, 3.8) is 0 Å². The Labute approximate surface area is 86.9 Å². The zero-order valence-electron chi connectivity index (χ0n) is 9.55. The van der Waals surface area contributed by atoms with Crippen molar-refractivity contribution >= 4 is 5.91 Å². The van der Waals surface area contributed by atoms with Crippen molar-refractivity contribution in [3.8, 4) is 0 Å². The predicted molar refractivity (Wildman–Crippen MR) is 58.1 cm³/mol. The summed E-state index contributed by atoms with van der Waals surface area (Å²) in [7, 11) is 1.89. The van der Waals surface area contributed by atoms with E-state index in [-0.39, 0.29) is 5.92 Å². The molecule has 14 heavy (non-hydrogen) atoms. The van der Waals surface area contributed by atoms with E-state index in [0.717, 1.165) is 38.4 Å². The summed E-state index contributed by atoms with van der Waals surface area (Å²) in [6.45, 7) is 6.95. The Balaban J connectivity index is 2.37. The van der Waals surface area contributed by atoms with Crippen molar-refractivity contribution in [2.75, 3.05) is 26.7 Å². The Morgan fingerprint density at radius 1 is 1.50 bits per heavy atom. The summed E-state index contributed by atoms with van der Waals surface area (Å²) >= 11 is 0. The van der Waals surface area contributed by atoms with Gasteiger partial charge in [-0.15, -0.1) is 0 Å². The van der Waals surface area contributed by atoms with Gasteiger partial charge < -0.3 is 10.2 Å². The van der Waals surface area contributed by atoms with Gasteiger partial charge in [-0.1, -0.05) is 13.8 Å². The lowest BCUT2D eigenvalue weighted by Crippen LogP contribution is -2.42. The third-order valence-electron chi connectivity index (χ3n) is 3.03. The molecule has 82 valence electrons. The number of rotatable bonds is 3. The minimum atomic E-state index is 0.119. The molecular weight excluding hydrogens is 176 g/mol. The van der Waals surface area contributed by atoms with Crippen LogP contribution >= 0.6 is 0 Å². The van der Waals surface area contributed by atoms with Crippen LogP contribution in [0.2, 0.25) is 0 Å². The van der Waals surface area contributed by atoms with E-state index in [4.69, 9.17) is 0 Å². The highest BCUT2D eigenvalue weighted by molar-refractivity contribution is 5.78. The van der Waals surface area contributed by atoms with Gasteiger partial charge in [0.2, 0.25) is 5.91 Å². The lowest BCUT2D eigenvalue weighted by molar-refractivity contribution is -0.136. The normalized spacial score (nSPS) is 20.9. The molecule has 1 aliphatic rings. The van der Waals surface area contributed by atoms with Crippen LogP contribution in [0.25, 0.3) is 0 Å². The summed E-state index contributed by atoms with van der Waals surface area (Å²) < 4.78 is 0. The Bertz CT molecular complexity index is 186. The number of nitrogens with zero attached hydrogens (tertiary/aromatic N) is 1. The SMILES string of the molecule is CNCC(C)C(=O)N1CCC(C)CC1. The molecule has 0 bridgehead atoms. The topological polar surface area (TPSA) is 32.3 Å². The maximum Gasteiger partial charge on any atom is 0.226 e. The molecule has 0 radical (unpaired) electrons. The van der Waals surface area contributed by atoms with Crippen LogP contribution in [0, 0.1) is 11.8 Å². The molecule has 1 aliphatic heterocycles. The monoisotopic (exact) mass is 198 g/mol. The molecule has 3 heteroatoms. The van der Waals surface area contributed by atoms with E-state index in [0.29, 0.717) is 5.91 Å². The highest BCUT2D eigenvalue weighted by atomic mass is 16.2. The van der Waals surface area contributed by atoms with Crippen LogP contribution in [0.4, 0.5) is 0 Å². The molecular formula is C11H22N2O. The van der Waals surface area contributed by atoms with Crippen molar-refractivity contribution < 1.29 is 4.79 Å². The van der Waals surface area contributed by atoms with Gasteiger partial charge in [-0.05, 0) is 25.8 Å². The molecule has 0 saturated carbocycles. The van der Waals surface area contributed by atoms with E-state index in [1.54, 1.807) is 0 Å². The van der Waals surface area contributed by atoms with Gasteiger partial charge in [0.05, 0.1) is 0 Å². The van der Waals surface area contributed by atoms with Crippen LogP contribution in [0.15, 0.2) is 0 Å². The van der Waals surface area contributed by atoms with Crippen LogP contribution in [-0.4, -0.2) is 37.5 Å². The summed E-state index contributed by atoms with van der Waals surface area (Å²) in [4.78, 5) is 13.9. The first-order valence-electron chi connectivity index (χ1n) is 5.58. The van der Waals surface area contributed by atoms with Crippen LogP contribution < -0.4 is 5.32 Å². The maximum atomic E-state index is 11.9. The lowest BCUT2D eigenvalue weighted by Gasteiger charge is -2.32. The second-order valence-electron chi connectivity index (χ2n) is 4.47. The Morgan fingerprint density at radius 2 is 2.07 bits per heavy atom. The number of carbonyl (C=O) groups is 1. The van der Waals surface area contributed by atoms with Crippen molar-refractivity contribution in [1.29, 1.82) is 0 Å². The number of nitrogens with one attached hydrogen (secondary N) is 1. The van der Waals surface area contributed by atoms with Crippen LogP contribution in [0.3, 0.4) is 0 Å². The molecule has 1 amide bonds. The fraction of sp³-hybridized carbons (Fsp3) is 0.909. The second kappa shape index (κ2) is 5.35. The van der Waals surface area contributed by atoms with E-state index in [1.165, 1.54) is 0 Å². The molecule has 1 atom stereocenters. The fourth-order valence-electron chi connectivity index (χ4n) is 1.93. The van der Waals surface area contributed by atoms with Crippen molar-refractivity contribution in [2.24, 2.45) is 11.8 Å². The number of piperidine rings is 1. The summed E-state index contributed by atoms with van der Waals surface area (Å²) in [5, 5.41) is 3.05. The van der Waals surface area contributed by atoms with Gasteiger partial charge in [0.15, 0.2) is 0 Å². The molecule has 1 heterocycles. The number of carbonyl (C=O) groups excluding carboxylic acids is 1. The Hall–Kier alpha value is -0.570. The van der Waals surface area contributed by atoms with E-state index >= 15 is 0 Å². The molecule has 1 N–H and O–H groups in total. The highest BCUT2D eigenvalue weighted by Gasteiger charge is 2.23. The van der Waals surface area contributed by atoms with Crippen LogP contribution in [0.5, 0.6) is 0 Å². The van der Waals surface area contributed by atoms with Crippen LogP contribution in [0.1, 0.15) is 26.7 Å². The summed E-state index contributed by atoms with van der Waals surface area (Å²) in [5.41, 5.74) is 0. The van der Waals surface area contributed by atoms with Crippen molar-refractivity contribution in [3.05, 3.63) is 0 Å². The second-order valence-corrected chi connectivity index (χ2v) is 4.47. The molecule has 1 rings (SSSR count). The van der Waals surface area contributed by atoms with Gasteiger partial charge in [0.25, 0.3) is 0 Å². The number of hydrogen-bond donors (Lipinski definition) is 1. The Morgan fingerprint density at radius 3 is 2.57 bits per heavy atom. The average Bonchev–Trinajstić information content (AvgIpc) is 2.18. The first-order chi connectivity index (χ1) is 6.65. The highest BCUT2D eigenvalue weighted by Crippen LogP contribution is 2.17. The predicted octanol–water partition coefficient (Wildman–Crippen LogP) is 1.10. The fourth-order valence-corrected chi connectivity index (χ4v) is 1.93. The molecule has 1 unspecified atom stereocenters. The largest absolute Gasteiger partial charge is 0.342 e. The molecule has 0 aliphatic carbocycles. The van der Waals surface area contributed by atoms with E-state index < -0.39 is 0 Å². The third kappa shape index (κ3) is 2.98. The average molecular weight is 198 g/mol. The van der Waals surface area contributed by atoms with Crippen molar-refractivity contribution in [1.82, 2.24) is 10.2 Å². The third-order valence-corrected chi connectivity index (χ3v) is 3.03. The minimum absolute atomic E-state index is 0.119. The molecule has 1 fully saturated rings. The molecule has 0 aromatic carbocycles. The lowest BCUT2D eigenvalue weighted by atomic mass is 9.98. The molecule has 0 spiro atoms. The molecule has 0 aromatic rings. The number of amides is 1. The van der Waals surface area contributed by atoms with Gasteiger partial charge in [-0.3, -0.25) is 4.79 Å². The molecule has 1 saturated heterocycles. The van der Waals surface area contributed by atoms with Crippen molar-refractivity contribution in [2.45, 2.75) is 26.7 Å². The maximum absolute atomic E-state index is 11.9. The zero-order valence-corrected chi connectivity index (χ0v) is 9.55. The Kier molecular flexibility index (Phi) is 4.39. The van der Waals surface area contributed by atoms with E-state index in [9.17, 15) is 4.79 Å². The van der Waals surface area contributed by atoms with Gasteiger partial charge in [-0.2, -0.15) is 0 Å². The standard InChI is InChI=1S/C11H22N2O/c1-9-4-6-13(7-5-9)11(14)10(2)8-12-3/h9-10,12H,4-8H2,1-3H3. The van der Waals surface area contributed by atoms with Crippen LogP contribution in [-0.2, 0) is 4.79 Å². The van der Waals surface area contributed by atoms with Gasteiger partial charge in [-0.25, -0.2) is 0 Å². The summed E-state index contributed by atoms with van der Waals surface area (Å²) in [6, 6.07) is 0. The zero-order chi connectivity index (χ0) is 10.6. The quantitative estimate of drug-likeness (QED) is 0.736. The molecule has 3 nitrogen and oxygen atoms in total. The summed E-state index contributed by atoms with van der Waals surface area (Å²) in [5.74, 6) is 1.22. The number of likely N-dealkylation sites (tertiary alicyclic amines) is 1. The van der Waals surface area contributed by atoms with Gasteiger partial charge in [0, 0.05) is 25.6 Å². The smallest absolute Gasteiger partial charge is 0.226 e. The summed E-state index contributed by atoms with van der Waals surface area (Å²) in [6.07, 6.45) is 2.33. The van der Waals surface area contributed by atoms with Gasteiger partial charge >= 0.3 is 0 Å². The van der Waals surface area contributed by atoms with E-state index in [1.807, 2.05) is 18.9 Å². The number of hydrogen-bond acceptors (Lipinski definition) is 2.